The lowest BCUT2D eigenvalue weighted by molar-refractivity contribution is 0.350. The number of alkyl halides is 1. The molecule has 0 saturated heterocycles. The van der Waals surface area contributed by atoms with E-state index in [4.69, 9.17) is 16.7 Å². The lowest BCUT2D eigenvalue weighted by Gasteiger charge is -1.68. The van der Waals surface area contributed by atoms with E-state index < -0.39 is 0 Å². The lowest BCUT2D eigenvalue weighted by atomic mass is 10.5. The third-order valence-electron chi connectivity index (χ3n) is 0.471. The Morgan fingerprint density at radius 3 is 2.88 bits per heavy atom. The van der Waals surface area contributed by atoms with Crippen molar-refractivity contribution in [1.29, 1.82) is 0 Å². The number of aliphatic hydroxyl groups is 1. The van der Waals surface area contributed by atoms with E-state index in [0.29, 0.717) is 5.88 Å². The van der Waals surface area contributed by atoms with Crippen LogP contribution in [0.5, 0.6) is 0 Å². The number of halogens is 1. The van der Waals surface area contributed by atoms with E-state index in [0.717, 1.165) is 0 Å². The summed E-state index contributed by atoms with van der Waals surface area (Å²) in [4.78, 5) is 0. The van der Waals surface area contributed by atoms with Gasteiger partial charge in [0.2, 0.25) is 0 Å². The summed E-state index contributed by atoms with van der Waals surface area (Å²) < 4.78 is 0. The predicted molar refractivity (Wildman–Crippen MR) is 34.7 cm³/mol. The fraction of sp³-hybridized carbons (Fsp3) is 0.333. The molecule has 0 aliphatic heterocycles. The van der Waals surface area contributed by atoms with Gasteiger partial charge in [-0.25, -0.2) is 0 Å². The van der Waals surface area contributed by atoms with Crippen LogP contribution in [0.1, 0.15) is 0 Å². The van der Waals surface area contributed by atoms with Crippen LogP contribution < -0.4 is 0 Å². The second kappa shape index (κ2) is 6.55. The molecule has 0 rings (SSSR count). The molecule has 0 amide bonds. The Bertz CT molecular complexity index is 118. The zero-order valence-corrected chi connectivity index (χ0v) is 5.15. The minimum absolute atomic E-state index is 0.0906. The molecular weight excluding hydrogens is 124 g/mol. The van der Waals surface area contributed by atoms with Crippen molar-refractivity contribution in [1.82, 2.24) is 0 Å². The van der Waals surface area contributed by atoms with Gasteiger partial charge in [0.25, 0.3) is 0 Å². The Morgan fingerprint density at radius 1 is 1.62 bits per heavy atom. The highest BCUT2D eigenvalue weighted by molar-refractivity contribution is 6.18. The highest BCUT2D eigenvalue weighted by Crippen LogP contribution is 1.74. The van der Waals surface area contributed by atoms with E-state index in [9.17, 15) is 0 Å². The average Bonchev–Trinajstić information content (AvgIpc) is 1.81. The standard InChI is InChI=1S/C6H7ClO/c7-5-3-1-2-4-6-8/h1,3,8H,5-6H2/b3-1+. The number of rotatable bonds is 1. The molecule has 1 N–H and O–H groups in total. The number of allylic oxidation sites excluding steroid dienone is 2. The third kappa shape index (κ3) is 5.55. The molecule has 0 saturated carbocycles. The van der Waals surface area contributed by atoms with E-state index in [1.165, 1.54) is 0 Å². The van der Waals surface area contributed by atoms with Crippen LogP contribution in [-0.2, 0) is 0 Å². The third-order valence-corrected chi connectivity index (χ3v) is 0.650. The van der Waals surface area contributed by atoms with Crippen LogP contribution in [0.15, 0.2) is 12.2 Å². The van der Waals surface area contributed by atoms with Crippen molar-refractivity contribution in [3.63, 3.8) is 0 Å². The van der Waals surface area contributed by atoms with Gasteiger partial charge in [-0.05, 0) is 6.08 Å². The first kappa shape index (κ1) is 7.55. The molecule has 0 unspecified atom stereocenters. The summed E-state index contributed by atoms with van der Waals surface area (Å²) in [7, 11) is 0. The molecule has 44 valence electrons. The summed E-state index contributed by atoms with van der Waals surface area (Å²) in [5.41, 5.74) is 0. The minimum Gasteiger partial charge on any atom is -0.384 e. The molecule has 0 heterocycles. The Morgan fingerprint density at radius 2 is 2.38 bits per heavy atom. The number of hydrogen-bond acceptors (Lipinski definition) is 1. The number of hydrogen-bond donors (Lipinski definition) is 1. The van der Waals surface area contributed by atoms with Gasteiger partial charge in [-0.3, -0.25) is 0 Å². The maximum absolute atomic E-state index is 8.13. The Kier molecular flexibility index (Phi) is 6.18. The Labute approximate surface area is 54.0 Å². The maximum Gasteiger partial charge on any atom is 0.104 e. The summed E-state index contributed by atoms with van der Waals surface area (Å²) in [6, 6.07) is 0. The van der Waals surface area contributed by atoms with Gasteiger partial charge in [0.15, 0.2) is 0 Å². The first-order valence-electron chi connectivity index (χ1n) is 2.22. The average molecular weight is 131 g/mol. The molecule has 8 heavy (non-hydrogen) atoms. The van der Waals surface area contributed by atoms with Crippen molar-refractivity contribution in [3.05, 3.63) is 12.2 Å². The van der Waals surface area contributed by atoms with E-state index in [1.54, 1.807) is 12.2 Å². The summed E-state index contributed by atoms with van der Waals surface area (Å²) in [5.74, 6) is 5.49. The van der Waals surface area contributed by atoms with Crippen molar-refractivity contribution in [2.45, 2.75) is 0 Å². The summed E-state index contributed by atoms with van der Waals surface area (Å²) in [6.45, 7) is -0.0906. The van der Waals surface area contributed by atoms with Gasteiger partial charge < -0.3 is 5.11 Å². The zero-order chi connectivity index (χ0) is 6.24. The largest absolute Gasteiger partial charge is 0.384 e. The molecule has 0 aromatic rings. The predicted octanol–water partition coefficient (Wildman–Crippen LogP) is 0.777. The highest BCUT2D eigenvalue weighted by Gasteiger charge is 1.61. The van der Waals surface area contributed by atoms with Gasteiger partial charge >= 0.3 is 0 Å². The SMILES string of the molecule is OCC#C/C=C/CCl. The maximum atomic E-state index is 8.13. The van der Waals surface area contributed by atoms with Gasteiger partial charge in [0.05, 0.1) is 0 Å². The molecule has 1 nitrogen and oxygen atoms in total. The molecule has 0 aliphatic rings. The summed E-state index contributed by atoms with van der Waals surface area (Å²) in [5, 5.41) is 8.13. The first-order valence-corrected chi connectivity index (χ1v) is 2.75. The molecule has 0 aromatic heterocycles. The number of aliphatic hydroxyl groups excluding tert-OH is 1. The fourth-order valence-electron chi connectivity index (χ4n) is 0.208. The molecule has 0 radical (unpaired) electrons. The summed E-state index contributed by atoms with van der Waals surface area (Å²) >= 11 is 5.26. The quantitative estimate of drug-likeness (QED) is 0.411. The van der Waals surface area contributed by atoms with E-state index >= 15 is 0 Å². The van der Waals surface area contributed by atoms with Crippen LogP contribution in [0, 0.1) is 11.8 Å². The van der Waals surface area contributed by atoms with Crippen LogP contribution in [0.25, 0.3) is 0 Å². The van der Waals surface area contributed by atoms with Gasteiger partial charge in [-0.15, -0.1) is 11.6 Å². The van der Waals surface area contributed by atoms with Gasteiger partial charge in [0, 0.05) is 5.88 Å². The molecule has 0 spiro atoms. The second-order valence-corrected chi connectivity index (χ2v) is 1.34. The fourth-order valence-corrected chi connectivity index (χ4v) is 0.297. The molecule has 0 bridgehead atoms. The first-order chi connectivity index (χ1) is 3.91. The van der Waals surface area contributed by atoms with Crippen molar-refractivity contribution in [2.24, 2.45) is 0 Å². The van der Waals surface area contributed by atoms with Crippen LogP contribution in [0.2, 0.25) is 0 Å². The smallest absolute Gasteiger partial charge is 0.104 e. The Balaban J connectivity index is 3.26. The van der Waals surface area contributed by atoms with E-state index in [2.05, 4.69) is 11.8 Å². The van der Waals surface area contributed by atoms with Gasteiger partial charge in [0.1, 0.15) is 6.61 Å². The van der Waals surface area contributed by atoms with Crippen molar-refractivity contribution in [3.8, 4) is 11.8 Å². The molecule has 2 heteroatoms. The second-order valence-electron chi connectivity index (χ2n) is 1.04. The van der Waals surface area contributed by atoms with Gasteiger partial charge in [-0.1, -0.05) is 17.9 Å². The zero-order valence-electron chi connectivity index (χ0n) is 4.39. The topological polar surface area (TPSA) is 20.2 Å². The minimum atomic E-state index is -0.0906. The summed E-state index contributed by atoms with van der Waals surface area (Å²) in [6.07, 6.45) is 3.33. The van der Waals surface area contributed by atoms with Crippen molar-refractivity contribution >= 4 is 11.6 Å². The van der Waals surface area contributed by atoms with E-state index in [-0.39, 0.29) is 6.61 Å². The molecular formula is C6H7ClO. The molecule has 0 fully saturated rings. The van der Waals surface area contributed by atoms with Crippen LogP contribution in [-0.4, -0.2) is 17.6 Å². The monoisotopic (exact) mass is 130 g/mol. The van der Waals surface area contributed by atoms with Crippen LogP contribution in [0.4, 0.5) is 0 Å². The van der Waals surface area contributed by atoms with Crippen LogP contribution in [0.3, 0.4) is 0 Å². The van der Waals surface area contributed by atoms with E-state index in [1.807, 2.05) is 0 Å². The van der Waals surface area contributed by atoms with Crippen molar-refractivity contribution < 1.29 is 5.11 Å². The molecule has 0 aliphatic carbocycles. The highest BCUT2D eigenvalue weighted by atomic mass is 35.5. The Hall–Kier alpha value is -0.450. The molecule has 0 aromatic carbocycles. The van der Waals surface area contributed by atoms with Crippen molar-refractivity contribution in [2.75, 3.05) is 12.5 Å². The lowest BCUT2D eigenvalue weighted by Crippen LogP contribution is -1.68. The normalized spacial score (nSPS) is 8.75. The van der Waals surface area contributed by atoms with Gasteiger partial charge in [-0.2, -0.15) is 0 Å². The van der Waals surface area contributed by atoms with Crippen LogP contribution >= 0.6 is 11.6 Å². The molecule has 0 atom stereocenters.